The molecule has 1 aromatic rings. The van der Waals surface area contributed by atoms with Gasteiger partial charge in [0.15, 0.2) is 0 Å². The van der Waals surface area contributed by atoms with Crippen molar-refractivity contribution in [2.75, 3.05) is 6.61 Å². The minimum atomic E-state index is -0.519. The summed E-state index contributed by atoms with van der Waals surface area (Å²) < 4.78 is 5.50. The lowest BCUT2D eigenvalue weighted by molar-refractivity contribution is -0.0356. The Bertz CT molecular complexity index is 296. The molecule has 0 spiro atoms. The predicted molar refractivity (Wildman–Crippen MR) is 61.8 cm³/mol. The van der Waals surface area contributed by atoms with Gasteiger partial charge in [0.25, 0.3) is 0 Å². The number of hydrogen-bond acceptors (Lipinski definition) is 2. The number of benzene rings is 1. The van der Waals surface area contributed by atoms with Gasteiger partial charge in [0, 0.05) is 6.61 Å². The first-order chi connectivity index (χ1) is 7.19. The highest BCUT2D eigenvalue weighted by atomic mass is 16.5. The van der Waals surface area contributed by atoms with Crippen LogP contribution in [0, 0.1) is 6.92 Å². The highest BCUT2D eigenvalue weighted by molar-refractivity contribution is 5.24. The molecule has 1 rings (SSSR count). The van der Waals surface area contributed by atoms with Gasteiger partial charge in [0.2, 0.25) is 0 Å². The van der Waals surface area contributed by atoms with E-state index in [1.54, 1.807) is 0 Å². The van der Waals surface area contributed by atoms with Crippen molar-refractivity contribution in [2.45, 2.75) is 39.4 Å². The molecule has 0 aliphatic carbocycles. The largest absolute Gasteiger partial charge is 0.386 e. The Morgan fingerprint density at radius 1 is 1.33 bits per heavy atom. The van der Waals surface area contributed by atoms with E-state index in [9.17, 15) is 5.11 Å². The average Bonchev–Trinajstić information content (AvgIpc) is 2.25. The van der Waals surface area contributed by atoms with Crippen LogP contribution in [0.25, 0.3) is 0 Å². The maximum absolute atomic E-state index is 10.1. The normalized spacial score (nSPS) is 14.9. The summed E-state index contributed by atoms with van der Waals surface area (Å²) in [5.41, 5.74) is 2.10. The summed E-state index contributed by atoms with van der Waals surface area (Å²) in [5, 5.41) is 10.1. The van der Waals surface area contributed by atoms with Crippen LogP contribution in [0.1, 0.15) is 37.5 Å². The lowest BCUT2D eigenvalue weighted by Crippen LogP contribution is -2.21. The van der Waals surface area contributed by atoms with Crippen molar-refractivity contribution in [1.29, 1.82) is 0 Å². The van der Waals surface area contributed by atoms with Crippen molar-refractivity contribution < 1.29 is 9.84 Å². The van der Waals surface area contributed by atoms with Crippen LogP contribution in [0.5, 0.6) is 0 Å². The van der Waals surface area contributed by atoms with Crippen molar-refractivity contribution in [3.05, 3.63) is 35.4 Å². The molecule has 2 atom stereocenters. The maximum atomic E-state index is 10.1. The summed E-state index contributed by atoms with van der Waals surface area (Å²) in [6.07, 6.45) is 0.204. The summed E-state index contributed by atoms with van der Waals surface area (Å²) in [6.45, 7) is 6.64. The minimum absolute atomic E-state index is 0.100. The topological polar surface area (TPSA) is 29.5 Å². The van der Waals surface area contributed by atoms with Crippen LogP contribution in [0.4, 0.5) is 0 Å². The molecule has 0 saturated heterocycles. The fourth-order valence-electron chi connectivity index (χ4n) is 1.72. The van der Waals surface area contributed by atoms with Crippen molar-refractivity contribution in [1.82, 2.24) is 0 Å². The molecule has 0 heterocycles. The van der Waals surface area contributed by atoms with E-state index < -0.39 is 6.10 Å². The average molecular weight is 208 g/mol. The number of aliphatic hydroxyl groups is 1. The smallest absolute Gasteiger partial charge is 0.105 e. The molecule has 0 amide bonds. The number of ether oxygens (including phenoxy) is 1. The van der Waals surface area contributed by atoms with E-state index in [-0.39, 0.29) is 6.10 Å². The molecule has 1 aromatic carbocycles. The molecular formula is C13H20O2. The third-order valence-electron chi connectivity index (χ3n) is 2.52. The van der Waals surface area contributed by atoms with Crippen LogP contribution >= 0.6 is 0 Å². The Morgan fingerprint density at radius 2 is 2.07 bits per heavy atom. The number of rotatable bonds is 5. The Labute approximate surface area is 91.9 Å². The Hall–Kier alpha value is -0.860. The van der Waals surface area contributed by atoms with Crippen LogP contribution in [0.3, 0.4) is 0 Å². The first kappa shape index (κ1) is 12.2. The van der Waals surface area contributed by atoms with E-state index >= 15 is 0 Å². The third kappa shape index (κ3) is 3.33. The van der Waals surface area contributed by atoms with Gasteiger partial charge in [-0.05, 0) is 25.8 Å². The Balaban J connectivity index is 2.77. The zero-order valence-electron chi connectivity index (χ0n) is 9.73. The van der Waals surface area contributed by atoms with Crippen LogP contribution in [0.2, 0.25) is 0 Å². The SMILES string of the molecule is CCOC(CC)C(O)c1cccc(C)c1. The second kappa shape index (κ2) is 5.89. The van der Waals surface area contributed by atoms with Crippen molar-refractivity contribution in [3.63, 3.8) is 0 Å². The summed E-state index contributed by atoms with van der Waals surface area (Å²) in [5.74, 6) is 0. The summed E-state index contributed by atoms with van der Waals surface area (Å²) in [7, 11) is 0. The van der Waals surface area contributed by atoms with Crippen LogP contribution in [0.15, 0.2) is 24.3 Å². The van der Waals surface area contributed by atoms with E-state index in [1.807, 2.05) is 45.0 Å². The lowest BCUT2D eigenvalue weighted by atomic mass is 10.0. The molecule has 0 radical (unpaired) electrons. The van der Waals surface area contributed by atoms with E-state index in [2.05, 4.69) is 0 Å². The fraction of sp³-hybridized carbons (Fsp3) is 0.538. The standard InChI is InChI=1S/C13H20O2/c1-4-12(15-5-2)13(14)11-8-6-7-10(3)9-11/h6-9,12-14H,4-5H2,1-3H3. The molecule has 2 nitrogen and oxygen atoms in total. The number of aliphatic hydroxyl groups excluding tert-OH is 1. The fourth-order valence-corrected chi connectivity index (χ4v) is 1.72. The van der Waals surface area contributed by atoms with E-state index in [1.165, 1.54) is 0 Å². The molecule has 0 saturated carbocycles. The van der Waals surface area contributed by atoms with Gasteiger partial charge >= 0.3 is 0 Å². The first-order valence-corrected chi connectivity index (χ1v) is 5.55. The quantitative estimate of drug-likeness (QED) is 0.806. The van der Waals surface area contributed by atoms with Crippen LogP contribution < -0.4 is 0 Å². The van der Waals surface area contributed by atoms with Crippen molar-refractivity contribution in [2.24, 2.45) is 0 Å². The molecule has 2 unspecified atom stereocenters. The van der Waals surface area contributed by atoms with Crippen LogP contribution in [-0.4, -0.2) is 17.8 Å². The minimum Gasteiger partial charge on any atom is -0.386 e. The zero-order valence-corrected chi connectivity index (χ0v) is 9.73. The molecular weight excluding hydrogens is 188 g/mol. The van der Waals surface area contributed by atoms with E-state index in [4.69, 9.17) is 4.74 Å². The van der Waals surface area contributed by atoms with Gasteiger partial charge in [0.05, 0.1) is 6.10 Å². The Kier molecular flexibility index (Phi) is 4.79. The molecule has 0 fully saturated rings. The molecule has 84 valence electrons. The highest BCUT2D eigenvalue weighted by Crippen LogP contribution is 2.22. The van der Waals surface area contributed by atoms with Gasteiger partial charge in [-0.3, -0.25) is 0 Å². The summed E-state index contributed by atoms with van der Waals surface area (Å²) in [6, 6.07) is 7.94. The predicted octanol–water partition coefficient (Wildman–Crippen LogP) is 2.84. The third-order valence-corrected chi connectivity index (χ3v) is 2.52. The van der Waals surface area contributed by atoms with Gasteiger partial charge < -0.3 is 9.84 Å². The number of hydrogen-bond donors (Lipinski definition) is 1. The van der Waals surface area contributed by atoms with Crippen LogP contribution in [-0.2, 0) is 4.74 Å². The monoisotopic (exact) mass is 208 g/mol. The molecule has 0 aliphatic heterocycles. The maximum Gasteiger partial charge on any atom is 0.105 e. The Morgan fingerprint density at radius 3 is 2.60 bits per heavy atom. The second-order valence-electron chi connectivity index (χ2n) is 3.76. The van der Waals surface area contributed by atoms with E-state index in [0.29, 0.717) is 6.61 Å². The number of aryl methyl sites for hydroxylation is 1. The van der Waals surface area contributed by atoms with Crippen molar-refractivity contribution in [3.8, 4) is 0 Å². The molecule has 0 bridgehead atoms. The second-order valence-corrected chi connectivity index (χ2v) is 3.76. The summed E-state index contributed by atoms with van der Waals surface area (Å²) in [4.78, 5) is 0. The van der Waals surface area contributed by atoms with E-state index in [0.717, 1.165) is 17.5 Å². The first-order valence-electron chi connectivity index (χ1n) is 5.55. The molecule has 15 heavy (non-hydrogen) atoms. The van der Waals surface area contributed by atoms with Gasteiger partial charge in [-0.25, -0.2) is 0 Å². The van der Waals surface area contributed by atoms with Gasteiger partial charge in [-0.1, -0.05) is 36.8 Å². The molecule has 1 N–H and O–H groups in total. The highest BCUT2D eigenvalue weighted by Gasteiger charge is 2.19. The molecule has 2 heteroatoms. The molecule has 0 aromatic heterocycles. The summed E-state index contributed by atoms with van der Waals surface area (Å²) >= 11 is 0. The van der Waals surface area contributed by atoms with Gasteiger partial charge in [-0.15, -0.1) is 0 Å². The molecule has 0 aliphatic rings. The lowest BCUT2D eigenvalue weighted by Gasteiger charge is -2.22. The zero-order chi connectivity index (χ0) is 11.3. The van der Waals surface area contributed by atoms with Gasteiger partial charge in [0.1, 0.15) is 6.10 Å². The van der Waals surface area contributed by atoms with Crippen molar-refractivity contribution >= 4 is 0 Å². The van der Waals surface area contributed by atoms with Gasteiger partial charge in [-0.2, -0.15) is 0 Å².